The van der Waals surface area contributed by atoms with E-state index in [2.05, 4.69) is 17.6 Å². The standard InChI is InChI=1S/C19H37N3O3/c1-3-5-6-7-8-9-10-11-12-13-18(24)22-16(14-15-17(20)23)19(25)21-4-2/h16H,3-15H2,1-2H3,(H2,20,23)(H,21,25)(H,22,24)/t16-/m1/s1. The molecular formula is C19H37N3O3. The Morgan fingerprint density at radius 2 is 1.40 bits per heavy atom. The molecule has 0 aromatic rings. The maximum Gasteiger partial charge on any atom is 0.242 e. The first-order chi connectivity index (χ1) is 12.0. The second kappa shape index (κ2) is 15.9. The van der Waals surface area contributed by atoms with Gasteiger partial charge in [0.05, 0.1) is 0 Å². The number of carbonyl (C=O) groups is 3. The molecule has 0 radical (unpaired) electrons. The second-order valence-corrected chi connectivity index (χ2v) is 6.60. The van der Waals surface area contributed by atoms with Crippen LogP contribution in [-0.4, -0.2) is 30.3 Å². The summed E-state index contributed by atoms with van der Waals surface area (Å²) in [5.41, 5.74) is 5.13. The first-order valence-corrected chi connectivity index (χ1v) is 9.86. The average molecular weight is 356 g/mol. The van der Waals surface area contributed by atoms with Crippen molar-refractivity contribution in [3.05, 3.63) is 0 Å². The lowest BCUT2D eigenvalue weighted by Crippen LogP contribution is -2.47. The summed E-state index contributed by atoms with van der Waals surface area (Å²) in [6, 6.07) is -0.682. The van der Waals surface area contributed by atoms with E-state index in [-0.39, 0.29) is 24.7 Å². The highest BCUT2D eigenvalue weighted by Gasteiger charge is 2.20. The molecule has 0 saturated carbocycles. The lowest BCUT2D eigenvalue weighted by atomic mass is 10.1. The van der Waals surface area contributed by atoms with E-state index in [0.717, 1.165) is 19.3 Å². The molecule has 0 aliphatic carbocycles. The minimum Gasteiger partial charge on any atom is -0.370 e. The zero-order chi connectivity index (χ0) is 18.9. The molecule has 1 atom stereocenters. The summed E-state index contributed by atoms with van der Waals surface area (Å²) in [4.78, 5) is 34.8. The van der Waals surface area contributed by atoms with Crippen molar-refractivity contribution in [1.29, 1.82) is 0 Å². The van der Waals surface area contributed by atoms with Crippen molar-refractivity contribution in [1.82, 2.24) is 10.6 Å². The van der Waals surface area contributed by atoms with Gasteiger partial charge in [0.1, 0.15) is 6.04 Å². The average Bonchev–Trinajstić information content (AvgIpc) is 2.57. The molecule has 0 aromatic carbocycles. The fraction of sp³-hybridized carbons (Fsp3) is 0.842. The largest absolute Gasteiger partial charge is 0.370 e. The lowest BCUT2D eigenvalue weighted by molar-refractivity contribution is -0.129. The molecule has 0 fully saturated rings. The van der Waals surface area contributed by atoms with Crippen molar-refractivity contribution in [2.75, 3.05) is 6.54 Å². The normalized spacial score (nSPS) is 11.8. The molecule has 6 nitrogen and oxygen atoms in total. The van der Waals surface area contributed by atoms with E-state index < -0.39 is 11.9 Å². The Hall–Kier alpha value is -1.59. The van der Waals surface area contributed by atoms with Crippen molar-refractivity contribution >= 4 is 17.7 Å². The predicted octanol–water partition coefficient (Wildman–Crippen LogP) is 2.79. The van der Waals surface area contributed by atoms with Gasteiger partial charge >= 0.3 is 0 Å². The van der Waals surface area contributed by atoms with Gasteiger partial charge < -0.3 is 16.4 Å². The Bertz CT molecular complexity index is 386. The minimum atomic E-state index is -0.682. The molecular weight excluding hydrogens is 318 g/mol. The number of hydrogen-bond donors (Lipinski definition) is 3. The summed E-state index contributed by atoms with van der Waals surface area (Å²) in [6.07, 6.45) is 11.5. The second-order valence-electron chi connectivity index (χ2n) is 6.60. The summed E-state index contributed by atoms with van der Waals surface area (Å²) >= 11 is 0. The highest BCUT2D eigenvalue weighted by Crippen LogP contribution is 2.10. The van der Waals surface area contributed by atoms with E-state index in [1.165, 1.54) is 38.5 Å². The maximum absolute atomic E-state index is 12.0. The van der Waals surface area contributed by atoms with E-state index in [9.17, 15) is 14.4 Å². The lowest BCUT2D eigenvalue weighted by Gasteiger charge is -2.17. The van der Waals surface area contributed by atoms with Crippen LogP contribution in [0.1, 0.15) is 90.9 Å². The number of hydrogen-bond acceptors (Lipinski definition) is 3. The first-order valence-electron chi connectivity index (χ1n) is 9.86. The van der Waals surface area contributed by atoms with Crippen molar-refractivity contribution in [3.8, 4) is 0 Å². The Labute approximate surface area is 152 Å². The van der Waals surface area contributed by atoms with Gasteiger partial charge in [-0.25, -0.2) is 0 Å². The molecule has 0 aliphatic rings. The summed E-state index contributed by atoms with van der Waals surface area (Å²) in [5, 5.41) is 5.40. The van der Waals surface area contributed by atoms with Crippen LogP contribution in [0.25, 0.3) is 0 Å². The molecule has 0 saturated heterocycles. The van der Waals surface area contributed by atoms with Crippen LogP contribution < -0.4 is 16.4 Å². The highest BCUT2D eigenvalue weighted by molar-refractivity contribution is 5.88. The van der Waals surface area contributed by atoms with E-state index >= 15 is 0 Å². The van der Waals surface area contributed by atoms with Crippen LogP contribution in [0.3, 0.4) is 0 Å². The van der Waals surface area contributed by atoms with Crippen LogP contribution in [0, 0.1) is 0 Å². The monoisotopic (exact) mass is 355 g/mol. The number of unbranched alkanes of at least 4 members (excludes halogenated alkanes) is 8. The van der Waals surface area contributed by atoms with Gasteiger partial charge in [-0.15, -0.1) is 0 Å². The molecule has 0 unspecified atom stereocenters. The van der Waals surface area contributed by atoms with Gasteiger partial charge in [-0.05, 0) is 19.8 Å². The van der Waals surface area contributed by atoms with Crippen LogP contribution in [-0.2, 0) is 14.4 Å². The van der Waals surface area contributed by atoms with Crippen molar-refractivity contribution in [2.45, 2.75) is 96.9 Å². The number of amides is 3. The SMILES string of the molecule is CCCCCCCCCCCC(=O)N[C@H](CCC(N)=O)C(=O)NCC. The Kier molecular flexibility index (Phi) is 14.9. The van der Waals surface area contributed by atoms with E-state index in [0.29, 0.717) is 13.0 Å². The topological polar surface area (TPSA) is 101 Å². The third-order valence-electron chi connectivity index (χ3n) is 4.19. The smallest absolute Gasteiger partial charge is 0.242 e. The van der Waals surface area contributed by atoms with Crippen LogP contribution in [0.2, 0.25) is 0 Å². The first kappa shape index (κ1) is 23.4. The predicted molar refractivity (Wildman–Crippen MR) is 101 cm³/mol. The molecule has 0 heterocycles. The molecule has 0 aromatic heterocycles. The molecule has 0 rings (SSSR count). The minimum absolute atomic E-state index is 0.0834. The van der Waals surface area contributed by atoms with Crippen molar-refractivity contribution in [2.24, 2.45) is 5.73 Å². The summed E-state index contributed by atoms with van der Waals surface area (Å²) in [6.45, 7) is 4.52. The quantitative estimate of drug-likeness (QED) is 0.371. The van der Waals surface area contributed by atoms with Gasteiger partial charge in [0.2, 0.25) is 17.7 Å². The zero-order valence-corrected chi connectivity index (χ0v) is 16.1. The zero-order valence-electron chi connectivity index (χ0n) is 16.1. The van der Waals surface area contributed by atoms with E-state index in [4.69, 9.17) is 5.73 Å². The number of carbonyl (C=O) groups excluding carboxylic acids is 3. The van der Waals surface area contributed by atoms with Crippen LogP contribution >= 0.6 is 0 Å². The number of rotatable bonds is 16. The molecule has 6 heteroatoms. The Morgan fingerprint density at radius 1 is 0.840 bits per heavy atom. The Balaban J connectivity index is 3.89. The molecule has 4 N–H and O–H groups in total. The maximum atomic E-state index is 12.0. The fourth-order valence-electron chi connectivity index (χ4n) is 2.72. The van der Waals surface area contributed by atoms with Crippen LogP contribution in [0.4, 0.5) is 0 Å². The molecule has 146 valence electrons. The van der Waals surface area contributed by atoms with E-state index in [1.807, 2.05) is 6.92 Å². The summed E-state index contributed by atoms with van der Waals surface area (Å²) in [7, 11) is 0. The third-order valence-corrected chi connectivity index (χ3v) is 4.19. The number of likely N-dealkylation sites (N-methyl/N-ethyl adjacent to an activating group) is 1. The number of nitrogens with two attached hydrogens (primary N) is 1. The summed E-state index contributed by atoms with van der Waals surface area (Å²) < 4.78 is 0. The van der Waals surface area contributed by atoms with Gasteiger partial charge in [-0.2, -0.15) is 0 Å². The van der Waals surface area contributed by atoms with Crippen LogP contribution in [0.5, 0.6) is 0 Å². The number of primary amides is 1. The van der Waals surface area contributed by atoms with Crippen molar-refractivity contribution < 1.29 is 14.4 Å². The van der Waals surface area contributed by atoms with Crippen LogP contribution in [0.15, 0.2) is 0 Å². The third kappa shape index (κ3) is 14.5. The van der Waals surface area contributed by atoms with Gasteiger partial charge in [0, 0.05) is 19.4 Å². The molecule has 0 aliphatic heterocycles. The van der Waals surface area contributed by atoms with E-state index in [1.54, 1.807) is 0 Å². The fourth-order valence-corrected chi connectivity index (χ4v) is 2.72. The number of nitrogens with one attached hydrogen (secondary N) is 2. The molecule has 0 spiro atoms. The van der Waals surface area contributed by atoms with Gasteiger partial charge in [0.25, 0.3) is 0 Å². The van der Waals surface area contributed by atoms with Gasteiger partial charge in [0.15, 0.2) is 0 Å². The van der Waals surface area contributed by atoms with Gasteiger partial charge in [-0.1, -0.05) is 58.3 Å². The summed E-state index contributed by atoms with van der Waals surface area (Å²) in [5.74, 6) is -0.865. The molecule has 0 bridgehead atoms. The van der Waals surface area contributed by atoms with Gasteiger partial charge in [-0.3, -0.25) is 14.4 Å². The molecule has 25 heavy (non-hydrogen) atoms. The Morgan fingerprint density at radius 3 is 1.92 bits per heavy atom. The highest BCUT2D eigenvalue weighted by atomic mass is 16.2. The van der Waals surface area contributed by atoms with Crippen molar-refractivity contribution in [3.63, 3.8) is 0 Å². The molecule has 3 amide bonds.